The highest BCUT2D eigenvalue weighted by atomic mass is 35.5. The fraction of sp³-hybridized carbons (Fsp3) is 0.250. The van der Waals surface area contributed by atoms with Gasteiger partial charge in [0, 0.05) is 12.8 Å². The van der Waals surface area contributed by atoms with Crippen molar-refractivity contribution in [2.75, 3.05) is 30.8 Å². The summed E-state index contributed by atoms with van der Waals surface area (Å²) in [5, 5.41) is 12.3. The smallest absolute Gasteiger partial charge is 0.329 e. The van der Waals surface area contributed by atoms with Crippen molar-refractivity contribution in [2.24, 2.45) is 4.99 Å². The number of benzene rings is 1. The maximum absolute atomic E-state index is 11.9. The summed E-state index contributed by atoms with van der Waals surface area (Å²) in [7, 11) is 0. The number of ether oxygens (including phenoxy) is 1. The molecule has 0 aliphatic rings. The molecule has 2 rings (SSSR count). The molecular weight excluding hydrogens is 397 g/mol. The molecule has 0 fully saturated rings. The van der Waals surface area contributed by atoms with Crippen LogP contribution in [0.25, 0.3) is 0 Å². The van der Waals surface area contributed by atoms with E-state index in [-0.39, 0.29) is 30.5 Å². The van der Waals surface area contributed by atoms with E-state index in [1.54, 1.807) is 18.2 Å². The number of aliphatic carboxylic acids is 1. The van der Waals surface area contributed by atoms with E-state index in [1.165, 1.54) is 6.21 Å². The average molecular weight is 414 g/mol. The van der Waals surface area contributed by atoms with E-state index in [0.29, 0.717) is 16.6 Å². The molecule has 0 saturated heterocycles. The van der Waals surface area contributed by atoms with Crippen molar-refractivity contribution < 1.29 is 14.6 Å². The van der Waals surface area contributed by atoms with Gasteiger partial charge in [0.05, 0.1) is 23.2 Å². The molecule has 1 aromatic carbocycles. The van der Waals surface area contributed by atoms with E-state index >= 15 is 0 Å². The lowest BCUT2D eigenvalue weighted by Gasteiger charge is -2.08. The molecule has 1 heterocycles. The normalized spacial score (nSPS) is 11.0. The predicted molar refractivity (Wildman–Crippen MR) is 104 cm³/mol. The number of H-pyrrole nitrogens is 1. The number of aromatic nitrogens is 2. The minimum absolute atomic E-state index is 0.0784. The lowest BCUT2D eigenvalue weighted by atomic mass is 10.2. The van der Waals surface area contributed by atoms with E-state index in [4.69, 9.17) is 38.8 Å². The Kier molecular flexibility index (Phi) is 7.59. The van der Waals surface area contributed by atoms with Crippen LogP contribution in [-0.4, -0.2) is 47.0 Å². The summed E-state index contributed by atoms with van der Waals surface area (Å²) in [6.45, 7) is 0.272. The zero-order valence-corrected chi connectivity index (χ0v) is 15.5. The minimum atomic E-state index is -1.06. The second-order valence-electron chi connectivity index (χ2n) is 5.30. The topological polar surface area (TPSA) is 143 Å². The fourth-order valence-corrected chi connectivity index (χ4v) is 2.27. The van der Waals surface area contributed by atoms with E-state index in [2.05, 4.69) is 20.3 Å². The first-order valence-corrected chi connectivity index (χ1v) is 8.49. The molecule has 27 heavy (non-hydrogen) atoms. The highest BCUT2D eigenvalue weighted by Gasteiger charge is 2.07. The summed E-state index contributed by atoms with van der Waals surface area (Å²) in [5.74, 6) is -0.846. The standard InChI is InChI=1S/C16H17Cl2N5O4/c17-10-2-1-9(5-11(10)18)6-21-16-22-12(14(19)15(26)23-16)7-20-3-4-27-8-13(24)25/h1-2,5,7H,3-4,6,8,19H2,(H,24,25)(H2,21,22,23,26). The Labute approximate surface area is 164 Å². The molecule has 144 valence electrons. The highest BCUT2D eigenvalue weighted by molar-refractivity contribution is 6.42. The van der Waals surface area contributed by atoms with Gasteiger partial charge in [0.1, 0.15) is 18.0 Å². The molecule has 0 amide bonds. The van der Waals surface area contributed by atoms with E-state index in [0.717, 1.165) is 5.56 Å². The number of nitrogen functional groups attached to an aromatic ring is 1. The molecule has 2 aromatic rings. The second-order valence-corrected chi connectivity index (χ2v) is 6.11. The van der Waals surface area contributed by atoms with Crippen LogP contribution in [0.5, 0.6) is 0 Å². The number of anilines is 2. The van der Waals surface area contributed by atoms with Crippen LogP contribution in [0.4, 0.5) is 11.6 Å². The van der Waals surface area contributed by atoms with Crippen molar-refractivity contribution in [1.29, 1.82) is 0 Å². The molecule has 0 spiro atoms. The SMILES string of the molecule is Nc1c(C=NCCOCC(=O)O)nc(NCc2ccc(Cl)c(Cl)c2)[nH]c1=O. The van der Waals surface area contributed by atoms with Crippen LogP contribution >= 0.6 is 23.2 Å². The van der Waals surface area contributed by atoms with Gasteiger partial charge in [-0.1, -0.05) is 29.3 Å². The van der Waals surface area contributed by atoms with Gasteiger partial charge in [0.2, 0.25) is 5.95 Å². The number of nitrogens with zero attached hydrogens (tertiary/aromatic N) is 2. The number of carboxylic acid groups (broad SMARTS) is 1. The molecule has 0 atom stereocenters. The van der Waals surface area contributed by atoms with Crippen LogP contribution in [0, 0.1) is 0 Å². The molecule has 0 aliphatic heterocycles. The van der Waals surface area contributed by atoms with Crippen LogP contribution in [0.1, 0.15) is 11.3 Å². The minimum Gasteiger partial charge on any atom is -0.480 e. The maximum atomic E-state index is 11.9. The molecule has 0 bridgehead atoms. The molecule has 1 aromatic heterocycles. The van der Waals surface area contributed by atoms with Gasteiger partial charge in [-0.05, 0) is 17.7 Å². The predicted octanol–water partition coefficient (Wildman–Crippen LogP) is 1.79. The van der Waals surface area contributed by atoms with Gasteiger partial charge in [-0.25, -0.2) is 9.78 Å². The molecule has 11 heteroatoms. The molecule has 0 unspecified atom stereocenters. The largest absolute Gasteiger partial charge is 0.480 e. The number of hydrogen-bond acceptors (Lipinski definition) is 7. The third-order valence-electron chi connectivity index (χ3n) is 3.23. The van der Waals surface area contributed by atoms with Crippen molar-refractivity contribution in [2.45, 2.75) is 6.54 Å². The lowest BCUT2D eigenvalue weighted by Crippen LogP contribution is -2.19. The number of hydrogen-bond donors (Lipinski definition) is 4. The van der Waals surface area contributed by atoms with Crippen molar-refractivity contribution in [1.82, 2.24) is 9.97 Å². The molecule has 5 N–H and O–H groups in total. The van der Waals surface area contributed by atoms with Gasteiger partial charge in [0.15, 0.2) is 0 Å². The molecular formula is C16H17Cl2N5O4. The van der Waals surface area contributed by atoms with Gasteiger partial charge >= 0.3 is 5.97 Å². The number of carboxylic acids is 1. The Morgan fingerprint density at radius 2 is 2.19 bits per heavy atom. The van der Waals surface area contributed by atoms with Crippen LogP contribution in [0.15, 0.2) is 28.0 Å². The number of aliphatic imine (C=N–C) groups is 1. The van der Waals surface area contributed by atoms with Gasteiger partial charge < -0.3 is 20.9 Å². The maximum Gasteiger partial charge on any atom is 0.329 e. The first-order chi connectivity index (χ1) is 12.9. The Balaban J connectivity index is 2.00. The van der Waals surface area contributed by atoms with Crippen molar-refractivity contribution >= 4 is 47.0 Å². The first kappa shape index (κ1) is 20.7. The summed E-state index contributed by atoms with van der Waals surface area (Å²) in [5.41, 5.74) is 6.15. The first-order valence-electron chi connectivity index (χ1n) is 7.73. The van der Waals surface area contributed by atoms with Crippen molar-refractivity contribution in [3.8, 4) is 0 Å². The number of nitrogens with two attached hydrogens (primary N) is 1. The molecule has 9 nitrogen and oxygen atoms in total. The van der Waals surface area contributed by atoms with Gasteiger partial charge in [-0.3, -0.25) is 14.8 Å². The van der Waals surface area contributed by atoms with Crippen molar-refractivity contribution in [3.05, 3.63) is 49.9 Å². The quantitative estimate of drug-likeness (QED) is 0.362. The van der Waals surface area contributed by atoms with Gasteiger partial charge in [0.25, 0.3) is 5.56 Å². The fourth-order valence-electron chi connectivity index (χ4n) is 1.95. The van der Waals surface area contributed by atoms with Crippen LogP contribution in [0.2, 0.25) is 10.0 Å². The second kappa shape index (κ2) is 9.91. The Bertz CT molecular complexity index is 901. The lowest BCUT2D eigenvalue weighted by molar-refractivity contribution is -0.142. The van der Waals surface area contributed by atoms with Crippen LogP contribution in [0.3, 0.4) is 0 Å². The summed E-state index contributed by atoms with van der Waals surface area (Å²) in [4.78, 5) is 33.0. The van der Waals surface area contributed by atoms with Gasteiger partial charge in [-0.15, -0.1) is 0 Å². The third-order valence-corrected chi connectivity index (χ3v) is 3.97. The molecule has 0 saturated carbocycles. The van der Waals surface area contributed by atoms with Crippen molar-refractivity contribution in [3.63, 3.8) is 0 Å². The zero-order valence-electron chi connectivity index (χ0n) is 14.0. The number of aromatic amines is 1. The third kappa shape index (κ3) is 6.55. The Morgan fingerprint density at radius 1 is 1.41 bits per heavy atom. The Hall–Kier alpha value is -2.62. The number of rotatable bonds is 9. The van der Waals surface area contributed by atoms with E-state index in [9.17, 15) is 9.59 Å². The number of halogens is 2. The molecule has 0 aliphatic carbocycles. The Morgan fingerprint density at radius 3 is 2.89 bits per heavy atom. The van der Waals surface area contributed by atoms with Gasteiger partial charge in [-0.2, -0.15) is 0 Å². The summed E-state index contributed by atoms with van der Waals surface area (Å²) >= 11 is 11.8. The average Bonchev–Trinajstić information content (AvgIpc) is 2.62. The van der Waals surface area contributed by atoms with E-state index in [1.807, 2.05) is 0 Å². The monoisotopic (exact) mass is 413 g/mol. The summed E-state index contributed by atoms with van der Waals surface area (Å²) in [6, 6.07) is 5.16. The zero-order chi connectivity index (χ0) is 19.8. The number of carbonyl (C=O) groups is 1. The highest BCUT2D eigenvalue weighted by Crippen LogP contribution is 2.22. The van der Waals surface area contributed by atoms with Crippen LogP contribution in [-0.2, 0) is 16.1 Å². The van der Waals surface area contributed by atoms with E-state index < -0.39 is 18.1 Å². The molecule has 0 radical (unpaired) electrons. The number of nitrogens with one attached hydrogen (secondary N) is 2. The van der Waals surface area contributed by atoms with Crippen LogP contribution < -0.4 is 16.6 Å². The summed E-state index contributed by atoms with van der Waals surface area (Å²) < 4.78 is 4.85. The summed E-state index contributed by atoms with van der Waals surface area (Å²) in [6.07, 6.45) is 1.33.